The Morgan fingerprint density at radius 3 is 2.88 bits per heavy atom. The van der Waals surface area contributed by atoms with Crippen molar-refractivity contribution in [1.29, 1.82) is 0 Å². The molecule has 0 aliphatic carbocycles. The van der Waals surface area contributed by atoms with E-state index >= 15 is 0 Å². The monoisotopic (exact) mass is 336 g/mol. The summed E-state index contributed by atoms with van der Waals surface area (Å²) >= 11 is 0. The molecular weight excluding hydrogens is 316 g/mol. The second-order valence-electron chi connectivity index (χ2n) is 6.12. The molecule has 1 aromatic carbocycles. The number of H-pyrrole nitrogens is 1. The van der Waals surface area contributed by atoms with Crippen LogP contribution in [0.4, 0.5) is 0 Å². The van der Waals surface area contributed by atoms with Gasteiger partial charge in [0.15, 0.2) is 5.82 Å². The summed E-state index contributed by atoms with van der Waals surface area (Å²) in [6.07, 6.45) is 3.66. The molecule has 0 bridgehead atoms. The Bertz CT molecular complexity index is 869. The largest absolute Gasteiger partial charge is 0.327 e. The summed E-state index contributed by atoms with van der Waals surface area (Å²) in [4.78, 5) is 19.3. The Morgan fingerprint density at radius 2 is 2.12 bits per heavy atom. The Kier molecular flexibility index (Phi) is 4.05. The summed E-state index contributed by atoms with van der Waals surface area (Å²) in [5.74, 6) is 1.34. The molecule has 3 heterocycles. The molecule has 1 amide bonds. The molecule has 1 saturated heterocycles. The second kappa shape index (κ2) is 6.51. The minimum absolute atomic E-state index is 0.0487. The van der Waals surface area contributed by atoms with E-state index in [4.69, 9.17) is 0 Å². The van der Waals surface area contributed by atoms with Crippen molar-refractivity contribution in [3.8, 4) is 11.4 Å². The number of rotatable bonds is 4. The molecule has 7 nitrogen and oxygen atoms in total. The number of aryl methyl sites for hydroxylation is 1. The number of aromatic nitrogens is 5. The molecule has 1 atom stereocenters. The van der Waals surface area contributed by atoms with Crippen LogP contribution in [0.5, 0.6) is 0 Å². The van der Waals surface area contributed by atoms with E-state index < -0.39 is 0 Å². The molecule has 1 unspecified atom stereocenters. The van der Waals surface area contributed by atoms with Gasteiger partial charge in [-0.25, -0.2) is 4.98 Å². The van der Waals surface area contributed by atoms with Gasteiger partial charge in [0.1, 0.15) is 11.5 Å². The van der Waals surface area contributed by atoms with Gasteiger partial charge in [-0.2, -0.15) is 10.2 Å². The van der Waals surface area contributed by atoms with Gasteiger partial charge >= 0.3 is 0 Å². The molecular formula is C18H20N6O. The number of aromatic amines is 1. The second-order valence-corrected chi connectivity index (χ2v) is 6.12. The molecule has 1 fully saturated rings. The van der Waals surface area contributed by atoms with Crippen LogP contribution in [-0.2, 0) is 6.54 Å². The standard InChI is InChI=1S/C18H20N6O/c1-2-23-12-10-14(22-23)18(25)24-11-6-9-15(24)17-19-16(20-21-17)13-7-4-3-5-8-13/h3-5,7-8,10,12,15H,2,6,9,11H2,1H3,(H,19,20,21). The number of amides is 1. The average Bonchev–Trinajstić information content (AvgIpc) is 3.41. The number of benzene rings is 1. The number of hydrogen-bond donors (Lipinski definition) is 1. The van der Waals surface area contributed by atoms with Crippen molar-refractivity contribution in [2.24, 2.45) is 0 Å². The van der Waals surface area contributed by atoms with Gasteiger partial charge in [0.05, 0.1) is 6.04 Å². The van der Waals surface area contributed by atoms with Gasteiger partial charge in [-0.15, -0.1) is 0 Å². The molecule has 1 aliphatic rings. The van der Waals surface area contributed by atoms with Crippen LogP contribution in [0.3, 0.4) is 0 Å². The third-order valence-electron chi connectivity index (χ3n) is 4.55. The van der Waals surface area contributed by atoms with Gasteiger partial charge in [0.25, 0.3) is 5.91 Å². The molecule has 0 spiro atoms. The minimum Gasteiger partial charge on any atom is -0.327 e. The molecule has 0 saturated carbocycles. The van der Waals surface area contributed by atoms with Crippen LogP contribution in [0.25, 0.3) is 11.4 Å². The van der Waals surface area contributed by atoms with Crippen molar-refractivity contribution in [3.05, 3.63) is 54.1 Å². The summed E-state index contributed by atoms with van der Waals surface area (Å²) in [6.45, 7) is 3.46. The first-order chi connectivity index (χ1) is 12.3. The lowest BCUT2D eigenvalue weighted by atomic mass is 10.2. The molecule has 1 N–H and O–H groups in total. The Labute approximate surface area is 145 Å². The van der Waals surface area contributed by atoms with Crippen molar-refractivity contribution in [2.45, 2.75) is 32.4 Å². The summed E-state index contributed by atoms with van der Waals surface area (Å²) in [5, 5.41) is 11.7. The van der Waals surface area contributed by atoms with E-state index in [1.54, 1.807) is 10.7 Å². The summed E-state index contributed by atoms with van der Waals surface area (Å²) in [7, 11) is 0. The number of nitrogens with zero attached hydrogens (tertiary/aromatic N) is 5. The smallest absolute Gasteiger partial charge is 0.274 e. The number of likely N-dealkylation sites (tertiary alicyclic amines) is 1. The van der Waals surface area contributed by atoms with Crippen LogP contribution in [0, 0.1) is 0 Å². The highest BCUT2D eigenvalue weighted by molar-refractivity contribution is 5.92. The summed E-state index contributed by atoms with van der Waals surface area (Å²) in [6, 6.07) is 11.5. The number of hydrogen-bond acceptors (Lipinski definition) is 4. The fraction of sp³-hybridized carbons (Fsp3) is 0.333. The van der Waals surface area contributed by atoms with Crippen molar-refractivity contribution < 1.29 is 4.79 Å². The molecule has 2 aromatic heterocycles. The van der Waals surface area contributed by atoms with Gasteiger partial charge < -0.3 is 4.90 Å². The topological polar surface area (TPSA) is 79.7 Å². The fourth-order valence-electron chi connectivity index (χ4n) is 3.23. The van der Waals surface area contributed by atoms with E-state index in [0.29, 0.717) is 18.1 Å². The van der Waals surface area contributed by atoms with E-state index in [1.807, 2.05) is 48.4 Å². The third-order valence-corrected chi connectivity index (χ3v) is 4.55. The number of nitrogens with one attached hydrogen (secondary N) is 1. The van der Waals surface area contributed by atoms with Crippen molar-refractivity contribution >= 4 is 5.91 Å². The van der Waals surface area contributed by atoms with E-state index in [9.17, 15) is 4.79 Å². The lowest BCUT2D eigenvalue weighted by molar-refractivity contribution is 0.0723. The van der Waals surface area contributed by atoms with Crippen LogP contribution in [0.15, 0.2) is 42.6 Å². The highest BCUT2D eigenvalue weighted by Crippen LogP contribution is 2.31. The Hall–Kier alpha value is -2.96. The molecule has 3 aromatic rings. The Morgan fingerprint density at radius 1 is 1.28 bits per heavy atom. The van der Waals surface area contributed by atoms with Gasteiger partial charge in [-0.05, 0) is 25.8 Å². The van der Waals surface area contributed by atoms with E-state index in [1.165, 1.54) is 0 Å². The lowest BCUT2D eigenvalue weighted by Gasteiger charge is -2.21. The molecule has 1 aliphatic heterocycles. The maximum Gasteiger partial charge on any atom is 0.274 e. The molecule has 4 rings (SSSR count). The van der Waals surface area contributed by atoms with Crippen molar-refractivity contribution in [2.75, 3.05) is 6.54 Å². The maximum absolute atomic E-state index is 12.8. The highest BCUT2D eigenvalue weighted by Gasteiger charge is 2.33. The highest BCUT2D eigenvalue weighted by atomic mass is 16.2. The van der Waals surface area contributed by atoms with Crippen molar-refractivity contribution in [1.82, 2.24) is 29.9 Å². The minimum atomic E-state index is -0.0794. The van der Waals surface area contributed by atoms with Gasteiger partial charge in [0, 0.05) is 24.8 Å². The first-order valence-corrected chi connectivity index (χ1v) is 8.58. The van der Waals surface area contributed by atoms with Crippen molar-refractivity contribution in [3.63, 3.8) is 0 Å². The van der Waals surface area contributed by atoms with Gasteiger partial charge in [-0.3, -0.25) is 14.6 Å². The van der Waals surface area contributed by atoms with Crippen LogP contribution >= 0.6 is 0 Å². The third kappa shape index (κ3) is 2.93. The van der Waals surface area contributed by atoms with Crippen LogP contribution in [0.2, 0.25) is 0 Å². The lowest BCUT2D eigenvalue weighted by Crippen LogP contribution is -2.31. The number of carbonyl (C=O) groups excluding carboxylic acids is 1. The Balaban J connectivity index is 1.57. The van der Waals surface area contributed by atoms with Crippen LogP contribution < -0.4 is 0 Å². The first kappa shape index (κ1) is 15.6. The average molecular weight is 336 g/mol. The van der Waals surface area contributed by atoms with Gasteiger partial charge in [-0.1, -0.05) is 30.3 Å². The van der Waals surface area contributed by atoms with Crippen LogP contribution in [-0.4, -0.2) is 42.3 Å². The zero-order chi connectivity index (χ0) is 17.2. The molecule has 128 valence electrons. The zero-order valence-electron chi connectivity index (χ0n) is 14.1. The normalized spacial score (nSPS) is 17.2. The summed E-state index contributed by atoms with van der Waals surface area (Å²) < 4.78 is 1.76. The zero-order valence-corrected chi connectivity index (χ0v) is 14.1. The quantitative estimate of drug-likeness (QED) is 0.794. The fourth-order valence-corrected chi connectivity index (χ4v) is 3.23. The predicted molar refractivity (Wildman–Crippen MR) is 92.7 cm³/mol. The maximum atomic E-state index is 12.8. The number of carbonyl (C=O) groups is 1. The van der Waals surface area contributed by atoms with E-state index in [2.05, 4.69) is 20.3 Å². The summed E-state index contributed by atoms with van der Waals surface area (Å²) in [5.41, 5.74) is 1.44. The van der Waals surface area contributed by atoms with Gasteiger partial charge in [0.2, 0.25) is 0 Å². The SMILES string of the molecule is CCn1ccc(C(=O)N2CCCC2c2nc(-c3ccccc3)n[nH]2)n1. The molecule has 25 heavy (non-hydrogen) atoms. The molecule has 7 heteroatoms. The van der Waals surface area contributed by atoms with Crippen LogP contribution in [0.1, 0.15) is 42.1 Å². The van der Waals surface area contributed by atoms with E-state index in [0.717, 1.165) is 30.8 Å². The van der Waals surface area contributed by atoms with E-state index in [-0.39, 0.29) is 11.9 Å². The first-order valence-electron chi connectivity index (χ1n) is 8.58. The predicted octanol–water partition coefficient (Wildman–Crippen LogP) is 2.67. The molecule has 0 radical (unpaired) electrons.